The lowest BCUT2D eigenvalue weighted by molar-refractivity contribution is -0.146. The molecule has 0 bridgehead atoms. The highest BCUT2D eigenvalue weighted by Crippen LogP contribution is 2.14. The second-order valence-electron chi connectivity index (χ2n) is 6.73. The van der Waals surface area contributed by atoms with Crippen LogP contribution in [0.4, 0.5) is 0 Å². The van der Waals surface area contributed by atoms with Crippen molar-refractivity contribution in [3.8, 4) is 5.75 Å². The Kier molecular flexibility index (Phi) is 9.48. The van der Waals surface area contributed by atoms with Crippen molar-refractivity contribution in [2.45, 2.75) is 34.1 Å². The van der Waals surface area contributed by atoms with Gasteiger partial charge >= 0.3 is 5.97 Å². The summed E-state index contributed by atoms with van der Waals surface area (Å²) in [6.45, 7) is 9.53. The zero-order valence-electron chi connectivity index (χ0n) is 16.5. The van der Waals surface area contributed by atoms with Crippen LogP contribution in [0.1, 0.15) is 39.7 Å². The summed E-state index contributed by atoms with van der Waals surface area (Å²) in [5.41, 5.74) is 0.923. The van der Waals surface area contributed by atoms with E-state index in [-0.39, 0.29) is 17.8 Å². The first-order valence-corrected chi connectivity index (χ1v) is 9.15. The number of methoxy groups -OCH3 is 1. The van der Waals surface area contributed by atoms with Crippen LogP contribution < -0.4 is 4.74 Å². The van der Waals surface area contributed by atoms with Crippen molar-refractivity contribution < 1.29 is 19.1 Å². The third-order valence-electron chi connectivity index (χ3n) is 4.00. The lowest BCUT2D eigenvalue weighted by atomic mass is 10.1. The highest BCUT2D eigenvalue weighted by Gasteiger charge is 2.20. The largest absolute Gasteiger partial charge is 0.494 e. The molecule has 0 aliphatic rings. The van der Waals surface area contributed by atoms with Gasteiger partial charge in [-0.1, -0.05) is 32.9 Å². The molecule has 1 aromatic carbocycles. The minimum atomic E-state index is -0.352. The van der Waals surface area contributed by atoms with Gasteiger partial charge in [0, 0.05) is 19.2 Å². The lowest BCUT2D eigenvalue weighted by Crippen LogP contribution is -2.37. The first-order chi connectivity index (χ1) is 12.4. The van der Waals surface area contributed by atoms with Crippen LogP contribution in [0.5, 0.6) is 5.75 Å². The summed E-state index contributed by atoms with van der Waals surface area (Å²) in [6, 6.07) is 7.57. The van der Waals surface area contributed by atoms with Crippen molar-refractivity contribution in [2.24, 2.45) is 11.8 Å². The summed E-state index contributed by atoms with van der Waals surface area (Å²) < 4.78 is 10.2. The molecule has 0 saturated carbocycles. The van der Waals surface area contributed by atoms with Crippen LogP contribution >= 0.6 is 0 Å². The van der Waals surface area contributed by atoms with Gasteiger partial charge in [0.05, 0.1) is 19.6 Å². The van der Waals surface area contributed by atoms with E-state index in [2.05, 4.69) is 13.8 Å². The minimum Gasteiger partial charge on any atom is -0.494 e. The molecule has 0 fully saturated rings. The maximum atomic E-state index is 12.6. The molecule has 5 nitrogen and oxygen atoms in total. The fourth-order valence-electron chi connectivity index (χ4n) is 2.43. The van der Waals surface area contributed by atoms with E-state index in [4.69, 9.17) is 9.47 Å². The zero-order chi connectivity index (χ0) is 19.5. The molecule has 0 aliphatic heterocycles. The van der Waals surface area contributed by atoms with Gasteiger partial charge in [-0.05, 0) is 43.0 Å². The van der Waals surface area contributed by atoms with Crippen molar-refractivity contribution in [2.75, 3.05) is 26.8 Å². The number of ether oxygens (including phenoxy) is 2. The van der Waals surface area contributed by atoms with Crippen molar-refractivity contribution in [3.63, 3.8) is 0 Å². The van der Waals surface area contributed by atoms with Gasteiger partial charge in [-0.25, -0.2) is 0 Å². The van der Waals surface area contributed by atoms with Gasteiger partial charge in [0.2, 0.25) is 5.91 Å². The molecule has 1 atom stereocenters. The van der Waals surface area contributed by atoms with Crippen LogP contribution in [-0.4, -0.2) is 43.6 Å². The lowest BCUT2D eigenvalue weighted by Gasteiger charge is -2.24. The van der Waals surface area contributed by atoms with Crippen molar-refractivity contribution in [3.05, 3.63) is 35.9 Å². The fraction of sp³-hybridized carbons (Fsp3) is 0.524. The predicted octanol–water partition coefficient (Wildman–Crippen LogP) is 3.78. The van der Waals surface area contributed by atoms with Crippen LogP contribution in [0.2, 0.25) is 0 Å². The van der Waals surface area contributed by atoms with Crippen molar-refractivity contribution in [1.82, 2.24) is 4.90 Å². The Bertz CT molecular complexity index is 593. The predicted molar refractivity (Wildman–Crippen MR) is 104 cm³/mol. The molecule has 0 saturated heterocycles. The van der Waals surface area contributed by atoms with Crippen LogP contribution in [0.3, 0.4) is 0 Å². The van der Waals surface area contributed by atoms with Crippen LogP contribution in [0, 0.1) is 11.8 Å². The van der Waals surface area contributed by atoms with E-state index in [1.807, 2.05) is 31.2 Å². The third kappa shape index (κ3) is 7.72. The summed E-state index contributed by atoms with van der Waals surface area (Å²) in [5.74, 6) is 0.531. The topological polar surface area (TPSA) is 55.8 Å². The summed E-state index contributed by atoms with van der Waals surface area (Å²) in [4.78, 5) is 26.0. The van der Waals surface area contributed by atoms with E-state index in [0.717, 1.165) is 17.7 Å². The van der Waals surface area contributed by atoms with Gasteiger partial charge in [0.1, 0.15) is 5.75 Å². The summed E-state index contributed by atoms with van der Waals surface area (Å²) in [6.07, 6.45) is 4.22. The maximum absolute atomic E-state index is 12.6. The maximum Gasteiger partial charge on any atom is 0.310 e. The van der Waals surface area contributed by atoms with Crippen LogP contribution in [0.25, 0.3) is 6.08 Å². The molecule has 0 N–H and O–H groups in total. The fourth-order valence-corrected chi connectivity index (χ4v) is 2.43. The number of hydrogen-bond donors (Lipinski definition) is 0. The molecule has 0 aromatic heterocycles. The summed E-state index contributed by atoms with van der Waals surface area (Å²) >= 11 is 0. The molecule has 0 aliphatic carbocycles. The van der Waals surface area contributed by atoms with Crippen LogP contribution in [0.15, 0.2) is 30.3 Å². The Labute approximate surface area is 157 Å². The number of benzene rings is 1. The monoisotopic (exact) mass is 361 g/mol. The molecule has 1 unspecified atom stereocenters. The summed E-state index contributed by atoms with van der Waals surface area (Å²) in [5, 5.41) is 0. The smallest absolute Gasteiger partial charge is 0.310 e. The Morgan fingerprint density at radius 3 is 2.35 bits per heavy atom. The molecule has 0 spiro atoms. The average molecular weight is 361 g/mol. The normalized spacial score (nSPS) is 12.2. The van der Waals surface area contributed by atoms with Gasteiger partial charge in [0.15, 0.2) is 0 Å². The molecule has 0 radical (unpaired) electrons. The van der Waals surface area contributed by atoms with E-state index in [0.29, 0.717) is 25.6 Å². The zero-order valence-corrected chi connectivity index (χ0v) is 16.5. The van der Waals surface area contributed by atoms with Crippen LogP contribution in [-0.2, 0) is 14.3 Å². The SMILES string of the molecule is CCOc1ccc(/C=C/C(=O)N(CCC(C)C)CC(C)C(=O)OC)cc1. The second-order valence-corrected chi connectivity index (χ2v) is 6.73. The molecule has 5 heteroatoms. The Morgan fingerprint density at radius 2 is 1.81 bits per heavy atom. The van der Waals surface area contributed by atoms with Crippen molar-refractivity contribution in [1.29, 1.82) is 0 Å². The van der Waals surface area contributed by atoms with E-state index in [1.165, 1.54) is 7.11 Å². The van der Waals surface area contributed by atoms with Crippen molar-refractivity contribution >= 4 is 18.0 Å². The highest BCUT2D eigenvalue weighted by atomic mass is 16.5. The molecule has 1 rings (SSSR count). The standard InChI is InChI=1S/C21H31NO4/c1-6-26-19-10-7-18(8-11-19)9-12-20(23)22(14-13-16(2)3)15-17(4)21(24)25-5/h7-12,16-17H,6,13-15H2,1-5H3/b12-9+. The Morgan fingerprint density at radius 1 is 1.15 bits per heavy atom. The Hall–Kier alpha value is -2.30. The molecular formula is C21H31NO4. The number of carbonyl (C=O) groups is 2. The first-order valence-electron chi connectivity index (χ1n) is 9.15. The third-order valence-corrected chi connectivity index (χ3v) is 4.00. The first kappa shape index (κ1) is 21.7. The van der Waals surface area contributed by atoms with Gasteiger partial charge in [-0.2, -0.15) is 0 Å². The quantitative estimate of drug-likeness (QED) is 0.470. The van der Waals surface area contributed by atoms with Gasteiger partial charge in [-0.3, -0.25) is 9.59 Å². The molecule has 1 amide bonds. The number of rotatable bonds is 10. The summed E-state index contributed by atoms with van der Waals surface area (Å²) in [7, 11) is 1.37. The van der Waals surface area contributed by atoms with E-state index in [9.17, 15) is 9.59 Å². The minimum absolute atomic E-state index is 0.102. The van der Waals surface area contributed by atoms with E-state index >= 15 is 0 Å². The number of hydrogen-bond acceptors (Lipinski definition) is 4. The molecular weight excluding hydrogens is 330 g/mol. The second kappa shape index (κ2) is 11.3. The van der Waals surface area contributed by atoms with E-state index < -0.39 is 0 Å². The van der Waals surface area contributed by atoms with Gasteiger partial charge in [0.25, 0.3) is 0 Å². The van der Waals surface area contributed by atoms with Gasteiger partial charge in [-0.15, -0.1) is 0 Å². The van der Waals surface area contributed by atoms with Gasteiger partial charge < -0.3 is 14.4 Å². The number of carbonyl (C=O) groups excluding carboxylic acids is 2. The molecule has 144 valence electrons. The number of esters is 1. The highest BCUT2D eigenvalue weighted by molar-refractivity contribution is 5.92. The average Bonchev–Trinajstić information content (AvgIpc) is 2.63. The molecule has 26 heavy (non-hydrogen) atoms. The van der Waals surface area contributed by atoms with E-state index in [1.54, 1.807) is 24.0 Å². The molecule has 1 aromatic rings. The Balaban J connectivity index is 2.77. The number of amides is 1. The number of nitrogens with zero attached hydrogens (tertiary/aromatic N) is 1. The molecule has 0 heterocycles.